The van der Waals surface area contributed by atoms with Gasteiger partial charge in [-0.15, -0.1) is 0 Å². The van der Waals surface area contributed by atoms with E-state index in [0.29, 0.717) is 41.7 Å². The SMILES string of the molecule is COc1ccc(CN(C[C@]2(O)CC[C@H]3[C@]45C=C[C@@]6(C=C4C(=O)c4ccccc4)CC(O)CC[C@]6(C)[C@H]5CC[C@@]32C)C(=O)O[C@H]2C[C@@H](C)CC[C@@H]2C(C)C)c(OC)c1. The third-order valence-electron chi connectivity index (χ3n) is 16.8. The van der Waals surface area contributed by atoms with Crippen LogP contribution in [0.1, 0.15) is 115 Å². The van der Waals surface area contributed by atoms with Gasteiger partial charge in [0.1, 0.15) is 17.6 Å². The molecule has 4 saturated carbocycles. The van der Waals surface area contributed by atoms with Gasteiger partial charge in [0.15, 0.2) is 5.78 Å². The summed E-state index contributed by atoms with van der Waals surface area (Å²) in [6.07, 6.45) is 14.0. The average molecular weight is 780 g/mol. The number of amides is 1. The molecular formula is C49H65NO7. The third kappa shape index (κ3) is 6.20. The van der Waals surface area contributed by atoms with Crippen molar-refractivity contribution in [3.05, 3.63) is 83.5 Å². The number of hydrogen-bond acceptors (Lipinski definition) is 7. The molecule has 1 amide bonds. The van der Waals surface area contributed by atoms with E-state index in [0.717, 1.165) is 62.5 Å². The van der Waals surface area contributed by atoms with Crippen molar-refractivity contribution in [2.75, 3.05) is 20.8 Å². The molecule has 9 rings (SSSR count). The van der Waals surface area contributed by atoms with E-state index in [1.54, 1.807) is 19.1 Å². The minimum Gasteiger partial charge on any atom is -0.497 e. The fraction of sp³-hybridized carbons (Fsp3) is 0.633. The van der Waals surface area contributed by atoms with Crippen molar-refractivity contribution in [3.63, 3.8) is 0 Å². The summed E-state index contributed by atoms with van der Waals surface area (Å²) in [4.78, 5) is 31.4. The highest BCUT2D eigenvalue weighted by Crippen LogP contribution is 2.78. The van der Waals surface area contributed by atoms with E-state index in [1.165, 1.54) is 0 Å². The molecule has 8 nitrogen and oxygen atoms in total. The Morgan fingerprint density at radius 3 is 2.33 bits per heavy atom. The Morgan fingerprint density at radius 2 is 1.61 bits per heavy atom. The van der Waals surface area contributed by atoms with Gasteiger partial charge in [-0.1, -0.05) is 89.6 Å². The van der Waals surface area contributed by atoms with Gasteiger partial charge >= 0.3 is 6.09 Å². The van der Waals surface area contributed by atoms with Gasteiger partial charge in [0.25, 0.3) is 0 Å². The number of allylic oxidation sites excluding steroid dienone is 4. The molecule has 7 aliphatic carbocycles. The van der Waals surface area contributed by atoms with E-state index < -0.39 is 34.0 Å². The zero-order chi connectivity index (χ0) is 40.5. The summed E-state index contributed by atoms with van der Waals surface area (Å²) in [5.41, 5.74) is -0.674. The number of ether oxygens (including phenoxy) is 3. The second-order valence-corrected chi connectivity index (χ2v) is 19.8. The number of nitrogens with zero attached hydrogens (tertiary/aromatic N) is 1. The zero-order valence-electron chi connectivity index (χ0n) is 35.3. The number of benzene rings is 2. The quantitative estimate of drug-likeness (QED) is 0.183. The molecule has 1 unspecified atom stereocenters. The first-order chi connectivity index (χ1) is 27.1. The number of fused-ring (bicyclic) bond motifs is 1. The Balaban J connectivity index is 1.18. The predicted octanol–water partition coefficient (Wildman–Crippen LogP) is 9.58. The standard InChI is InChI=1S/C49H65NO7/c1-31(2)37-16-13-32(3)25-40(37)57-44(53)50(29-34-14-15-36(55-6)26-39(34)56-7)30-48(54)22-19-42-46(48,5)21-18-41-45(4)20-17-35(51)27-47(45)23-24-49(41,42)38(28-47)43(52)33-11-9-8-10-12-33/h8-12,14-15,23-24,26,28,31-32,35,37,40-42,51,54H,13,16-22,25,27,29-30H2,1-7H3/t32-,35?,37+,40-,41+,42+,45+,46-,47-,48+,49+/m0/s1. The van der Waals surface area contributed by atoms with Crippen LogP contribution in [0.2, 0.25) is 0 Å². The molecule has 0 saturated heterocycles. The van der Waals surface area contributed by atoms with Gasteiger partial charge in [0.05, 0.1) is 39.0 Å². The fourth-order valence-electron chi connectivity index (χ4n) is 13.5. The number of rotatable bonds is 10. The highest BCUT2D eigenvalue weighted by Gasteiger charge is 2.74. The number of hydrogen-bond donors (Lipinski definition) is 2. The van der Waals surface area contributed by atoms with Gasteiger partial charge in [-0.2, -0.15) is 0 Å². The van der Waals surface area contributed by atoms with Crippen molar-refractivity contribution in [1.82, 2.24) is 4.90 Å². The molecule has 8 heteroatoms. The minimum absolute atomic E-state index is 0.0382. The number of ketones is 1. The molecule has 2 aromatic carbocycles. The maximum absolute atomic E-state index is 14.9. The summed E-state index contributed by atoms with van der Waals surface area (Å²) in [6.45, 7) is 11.6. The van der Waals surface area contributed by atoms with Gasteiger partial charge in [0.2, 0.25) is 0 Å². The van der Waals surface area contributed by atoms with Crippen molar-refractivity contribution in [2.24, 2.45) is 51.2 Å². The molecule has 0 aliphatic heterocycles. The number of methoxy groups -OCH3 is 2. The van der Waals surface area contributed by atoms with Crippen molar-refractivity contribution in [1.29, 1.82) is 0 Å². The molecule has 11 atom stereocenters. The van der Waals surface area contributed by atoms with Crippen LogP contribution in [0.3, 0.4) is 0 Å². The van der Waals surface area contributed by atoms with E-state index in [2.05, 4.69) is 52.8 Å². The molecule has 4 fully saturated rings. The molecule has 2 aromatic rings. The smallest absolute Gasteiger partial charge is 0.410 e. The monoisotopic (exact) mass is 779 g/mol. The van der Waals surface area contributed by atoms with E-state index in [9.17, 15) is 19.8 Å². The lowest BCUT2D eigenvalue weighted by molar-refractivity contribution is -0.175. The zero-order valence-corrected chi connectivity index (χ0v) is 35.3. The number of carbonyl (C=O) groups is 2. The molecule has 57 heavy (non-hydrogen) atoms. The summed E-state index contributed by atoms with van der Waals surface area (Å²) >= 11 is 0. The molecule has 2 bridgehead atoms. The molecule has 0 aromatic heterocycles. The number of aliphatic hydroxyl groups is 2. The van der Waals surface area contributed by atoms with E-state index in [1.807, 2.05) is 48.5 Å². The lowest BCUT2D eigenvalue weighted by Crippen LogP contribution is -2.67. The second kappa shape index (κ2) is 14.6. The predicted molar refractivity (Wildman–Crippen MR) is 221 cm³/mol. The normalized spacial score (nSPS) is 39.1. The summed E-state index contributed by atoms with van der Waals surface area (Å²) in [5.74, 6) is 2.58. The highest BCUT2D eigenvalue weighted by molar-refractivity contribution is 6.10. The number of Topliss-reactive ketones (excluding diaryl/α,β-unsaturated/α-hetero) is 1. The molecule has 2 spiro atoms. The van der Waals surface area contributed by atoms with Crippen LogP contribution in [0.5, 0.6) is 11.5 Å². The summed E-state index contributed by atoms with van der Waals surface area (Å²) in [5, 5.41) is 24.4. The molecule has 7 aliphatic rings. The average Bonchev–Trinajstić information content (AvgIpc) is 3.47. The fourth-order valence-corrected chi connectivity index (χ4v) is 13.5. The Hall–Kier alpha value is -3.62. The Labute approximate surface area is 340 Å². The van der Waals surface area contributed by atoms with Crippen LogP contribution in [-0.2, 0) is 11.3 Å². The summed E-state index contributed by atoms with van der Waals surface area (Å²) in [6, 6.07) is 15.3. The molecular weight excluding hydrogens is 715 g/mol. The topological polar surface area (TPSA) is 106 Å². The van der Waals surface area contributed by atoms with Gasteiger partial charge in [-0.3, -0.25) is 4.79 Å². The maximum Gasteiger partial charge on any atom is 0.410 e. The van der Waals surface area contributed by atoms with Crippen LogP contribution in [0.25, 0.3) is 0 Å². The first kappa shape index (κ1) is 40.2. The highest BCUT2D eigenvalue weighted by atomic mass is 16.6. The maximum atomic E-state index is 14.9. The molecule has 308 valence electrons. The Kier molecular flexibility index (Phi) is 10.3. The molecule has 2 N–H and O–H groups in total. The molecule has 0 heterocycles. The van der Waals surface area contributed by atoms with Crippen LogP contribution in [0.15, 0.2) is 72.3 Å². The van der Waals surface area contributed by atoms with E-state index >= 15 is 0 Å². The third-order valence-corrected chi connectivity index (χ3v) is 16.8. The lowest BCUT2D eigenvalue weighted by atomic mass is 9.32. The van der Waals surface area contributed by atoms with Crippen molar-refractivity contribution in [2.45, 2.75) is 123 Å². The van der Waals surface area contributed by atoms with E-state index in [-0.39, 0.29) is 48.1 Å². The van der Waals surface area contributed by atoms with Gasteiger partial charge in [-0.05, 0) is 105 Å². The van der Waals surface area contributed by atoms with Gasteiger partial charge < -0.3 is 29.3 Å². The molecule has 0 radical (unpaired) electrons. The van der Waals surface area contributed by atoms with E-state index in [4.69, 9.17) is 14.2 Å². The van der Waals surface area contributed by atoms with Crippen LogP contribution >= 0.6 is 0 Å². The second-order valence-electron chi connectivity index (χ2n) is 19.8. The number of carbonyl (C=O) groups excluding carboxylic acids is 2. The minimum atomic E-state index is -1.25. The first-order valence-corrected chi connectivity index (χ1v) is 21.7. The van der Waals surface area contributed by atoms with Crippen LogP contribution in [0, 0.1) is 51.2 Å². The van der Waals surface area contributed by atoms with Crippen molar-refractivity contribution < 1.29 is 34.0 Å². The summed E-state index contributed by atoms with van der Waals surface area (Å²) in [7, 11) is 3.24. The van der Waals surface area contributed by atoms with Crippen LogP contribution in [0.4, 0.5) is 4.79 Å². The lowest BCUT2D eigenvalue weighted by Gasteiger charge is -2.71. The largest absolute Gasteiger partial charge is 0.497 e. The Bertz CT molecular complexity index is 1920. The Morgan fingerprint density at radius 1 is 0.895 bits per heavy atom. The summed E-state index contributed by atoms with van der Waals surface area (Å²) < 4.78 is 17.9. The van der Waals surface area contributed by atoms with Gasteiger partial charge in [0, 0.05) is 39.0 Å². The first-order valence-electron chi connectivity index (χ1n) is 21.7. The van der Waals surface area contributed by atoms with Crippen molar-refractivity contribution in [3.8, 4) is 11.5 Å². The van der Waals surface area contributed by atoms with Crippen LogP contribution < -0.4 is 9.47 Å². The van der Waals surface area contributed by atoms with Crippen molar-refractivity contribution >= 4 is 11.9 Å². The number of aliphatic hydroxyl groups excluding tert-OH is 1. The van der Waals surface area contributed by atoms with Gasteiger partial charge in [-0.25, -0.2) is 4.79 Å². The van der Waals surface area contributed by atoms with Crippen LogP contribution in [-0.4, -0.2) is 65.6 Å².